The number of hydrogen-bond donors (Lipinski definition) is 0. The van der Waals surface area contributed by atoms with Crippen molar-refractivity contribution in [2.45, 2.75) is 44.6 Å². The van der Waals surface area contributed by atoms with Crippen molar-refractivity contribution in [3.05, 3.63) is 65.2 Å². The van der Waals surface area contributed by atoms with Crippen LogP contribution in [0, 0.1) is 5.82 Å². The molecule has 4 rings (SSSR count). The number of halogens is 1. The van der Waals surface area contributed by atoms with Gasteiger partial charge in [0.1, 0.15) is 5.82 Å². The number of hydrogen-bond acceptors (Lipinski definition) is 3. The summed E-state index contributed by atoms with van der Waals surface area (Å²) >= 11 is 0. The maximum Gasteiger partial charge on any atom is 0.236 e. The summed E-state index contributed by atoms with van der Waals surface area (Å²) in [5, 5.41) is 0. The predicted molar refractivity (Wildman–Crippen MR) is 107 cm³/mol. The SMILES string of the molecule is O=C(CN1CCCC1c1cccc(Cc2ccccc2F)n1)N1CCCCC1. The van der Waals surface area contributed by atoms with Crippen molar-refractivity contribution >= 4 is 5.91 Å². The zero-order chi connectivity index (χ0) is 19.3. The highest BCUT2D eigenvalue weighted by Gasteiger charge is 2.30. The number of rotatable bonds is 5. The third kappa shape index (κ3) is 4.41. The van der Waals surface area contributed by atoms with Crippen LogP contribution in [0.4, 0.5) is 4.39 Å². The van der Waals surface area contributed by atoms with Crippen LogP contribution >= 0.6 is 0 Å². The fourth-order valence-electron chi connectivity index (χ4n) is 4.39. The van der Waals surface area contributed by atoms with Gasteiger partial charge in [0.05, 0.1) is 18.3 Å². The van der Waals surface area contributed by atoms with Crippen LogP contribution < -0.4 is 0 Å². The molecule has 2 fully saturated rings. The molecule has 1 aromatic carbocycles. The van der Waals surface area contributed by atoms with E-state index in [1.807, 2.05) is 35.2 Å². The predicted octanol–water partition coefficient (Wildman–Crippen LogP) is 3.96. The van der Waals surface area contributed by atoms with Crippen LogP contribution in [0.15, 0.2) is 42.5 Å². The number of carbonyl (C=O) groups excluding carboxylic acids is 1. The highest BCUT2D eigenvalue weighted by Crippen LogP contribution is 2.31. The Kier molecular flexibility index (Phi) is 6.01. The Bertz CT molecular complexity index is 819. The molecule has 0 N–H and O–H groups in total. The Morgan fingerprint density at radius 2 is 1.82 bits per heavy atom. The van der Waals surface area contributed by atoms with Gasteiger partial charge >= 0.3 is 0 Å². The van der Waals surface area contributed by atoms with E-state index in [4.69, 9.17) is 4.98 Å². The third-order valence-corrected chi connectivity index (χ3v) is 5.91. The van der Waals surface area contributed by atoms with Crippen LogP contribution in [-0.4, -0.2) is 46.9 Å². The molecule has 2 aromatic rings. The molecule has 3 heterocycles. The largest absolute Gasteiger partial charge is 0.342 e. The van der Waals surface area contributed by atoms with E-state index in [1.165, 1.54) is 12.5 Å². The van der Waals surface area contributed by atoms with Gasteiger partial charge in [0.2, 0.25) is 5.91 Å². The maximum atomic E-state index is 14.0. The Balaban J connectivity index is 1.45. The molecule has 1 amide bonds. The molecule has 0 saturated carbocycles. The second-order valence-corrected chi connectivity index (χ2v) is 7.89. The van der Waals surface area contributed by atoms with Gasteiger partial charge in [-0.25, -0.2) is 4.39 Å². The maximum absolute atomic E-state index is 14.0. The molecule has 148 valence electrons. The quantitative estimate of drug-likeness (QED) is 0.787. The first-order valence-electron chi connectivity index (χ1n) is 10.4. The van der Waals surface area contributed by atoms with Gasteiger partial charge in [-0.2, -0.15) is 0 Å². The lowest BCUT2D eigenvalue weighted by molar-refractivity contribution is -0.133. The Labute approximate surface area is 166 Å². The fourth-order valence-corrected chi connectivity index (χ4v) is 4.39. The number of nitrogens with zero attached hydrogens (tertiary/aromatic N) is 3. The van der Waals surface area contributed by atoms with E-state index in [9.17, 15) is 9.18 Å². The van der Waals surface area contributed by atoms with E-state index < -0.39 is 0 Å². The number of carbonyl (C=O) groups is 1. The van der Waals surface area contributed by atoms with Gasteiger partial charge < -0.3 is 4.90 Å². The normalized spacial score (nSPS) is 20.5. The molecule has 2 saturated heterocycles. The molecular weight excluding hydrogens is 353 g/mol. The van der Waals surface area contributed by atoms with Crippen LogP contribution in [-0.2, 0) is 11.2 Å². The standard InChI is InChI=1S/C23H28FN3O/c24-20-10-3-2-8-18(20)16-19-9-6-11-21(25-19)22-12-7-15-27(22)17-23(28)26-13-4-1-5-14-26/h2-3,6,8-11,22H,1,4-5,7,12-17H2. The Hall–Kier alpha value is -2.27. The number of piperidine rings is 1. The van der Waals surface area contributed by atoms with E-state index in [0.717, 1.165) is 56.7 Å². The number of aromatic nitrogens is 1. The van der Waals surface area contributed by atoms with Crippen LogP contribution in [0.25, 0.3) is 0 Å². The zero-order valence-electron chi connectivity index (χ0n) is 16.3. The summed E-state index contributed by atoms with van der Waals surface area (Å²) < 4.78 is 14.0. The summed E-state index contributed by atoms with van der Waals surface area (Å²) in [5.41, 5.74) is 2.53. The second kappa shape index (κ2) is 8.82. The fraction of sp³-hybridized carbons (Fsp3) is 0.478. The van der Waals surface area contributed by atoms with Crippen LogP contribution in [0.3, 0.4) is 0 Å². The van der Waals surface area contributed by atoms with Gasteiger partial charge in [-0.3, -0.25) is 14.7 Å². The van der Waals surface area contributed by atoms with E-state index in [-0.39, 0.29) is 17.8 Å². The summed E-state index contributed by atoms with van der Waals surface area (Å²) in [6.07, 6.45) is 6.05. The van der Waals surface area contributed by atoms with E-state index in [1.54, 1.807) is 6.07 Å². The molecule has 2 aliphatic heterocycles. The highest BCUT2D eigenvalue weighted by atomic mass is 19.1. The van der Waals surface area contributed by atoms with E-state index in [0.29, 0.717) is 18.5 Å². The molecule has 2 aliphatic rings. The van der Waals surface area contributed by atoms with Crippen molar-refractivity contribution in [2.75, 3.05) is 26.2 Å². The molecule has 0 aliphatic carbocycles. The number of amides is 1. The van der Waals surface area contributed by atoms with Crippen LogP contribution in [0.1, 0.15) is 55.1 Å². The lowest BCUT2D eigenvalue weighted by Crippen LogP contribution is -2.42. The van der Waals surface area contributed by atoms with Crippen molar-refractivity contribution in [2.24, 2.45) is 0 Å². The molecule has 28 heavy (non-hydrogen) atoms. The molecule has 0 radical (unpaired) electrons. The minimum absolute atomic E-state index is 0.175. The summed E-state index contributed by atoms with van der Waals surface area (Å²) in [4.78, 5) is 21.8. The Morgan fingerprint density at radius 3 is 2.64 bits per heavy atom. The van der Waals surface area contributed by atoms with Gasteiger partial charge in [-0.1, -0.05) is 24.3 Å². The van der Waals surface area contributed by atoms with Crippen molar-refractivity contribution in [3.63, 3.8) is 0 Å². The smallest absolute Gasteiger partial charge is 0.236 e. The van der Waals surface area contributed by atoms with Crippen molar-refractivity contribution < 1.29 is 9.18 Å². The first kappa shape index (κ1) is 19.1. The first-order chi connectivity index (χ1) is 13.7. The zero-order valence-corrected chi connectivity index (χ0v) is 16.3. The van der Waals surface area contributed by atoms with Gasteiger partial charge in [0.25, 0.3) is 0 Å². The topological polar surface area (TPSA) is 36.4 Å². The molecule has 1 aromatic heterocycles. The molecule has 0 spiro atoms. The van der Waals surface area contributed by atoms with Gasteiger partial charge in [0, 0.05) is 25.2 Å². The summed E-state index contributed by atoms with van der Waals surface area (Å²) in [6.45, 7) is 3.20. The highest BCUT2D eigenvalue weighted by molar-refractivity contribution is 5.78. The monoisotopic (exact) mass is 381 g/mol. The van der Waals surface area contributed by atoms with Crippen molar-refractivity contribution in [1.82, 2.24) is 14.8 Å². The summed E-state index contributed by atoms with van der Waals surface area (Å²) in [6, 6.07) is 13.0. The number of benzene rings is 1. The van der Waals surface area contributed by atoms with Gasteiger partial charge in [0.15, 0.2) is 0 Å². The summed E-state index contributed by atoms with van der Waals surface area (Å²) in [7, 11) is 0. The number of likely N-dealkylation sites (tertiary alicyclic amines) is 2. The molecular formula is C23H28FN3O. The average Bonchev–Trinajstić information content (AvgIpc) is 3.19. The van der Waals surface area contributed by atoms with Crippen LogP contribution in [0.5, 0.6) is 0 Å². The van der Waals surface area contributed by atoms with Gasteiger partial charge in [-0.05, 0) is 62.4 Å². The molecule has 5 heteroatoms. The molecule has 4 nitrogen and oxygen atoms in total. The van der Waals surface area contributed by atoms with E-state index in [2.05, 4.69) is 4.90 Å². The first-order valence-corrected chi connectivity index (χ1v) is 10.4. The number of pyridine rings is 1. The lowest BCUT2D eigenvalue weighted by Gasteiger charge is -2.30. The second-order valence-electron chi connectivity index (χ2n) is 7.89. The van der Waals surface area contributed by atoms with E-state index >= 15 is 0 Å². The van der Waals surface area contributed by atoms with Crippen molar-refractivity contribution in [1.29, 1.82) is 0 Å². The van der Waals surface area contributed by atoms with Gasteiger partial charge in [-0.15, -0.1) is 0 Å². The minimum atomic E-state index is -0.190. The molecule has 1 atom stereocenters. The summed E-state index contributed by atoms with van der Waals surface area (Å²) in [5.74, 6) is 0.0541. The van der Waals surface area contributed by atoms with Crippen LogP contribution in [0.2, 0.25) is 0 Å². The Morgan fingerprint density at radius 1 is 1.00 bits per heavy atom. The minimum Gasteiger partial charge on any atom is -0.342 e. The molecule has 0 bridgehead atoms. The third-order valence-electron chi connectivity index (χ3n) is 5.91. The average molecular weight is 381 g/mol. The van der Waals surface area contributed by atoms with Crippen molar-refractivity contribution in [3.8, 4) is 0 Å². The lowest BCUT2D eigenvalue weighted by atomic mass is 10.1. The molecule has 1 unspecified atom stereocenters.